The number of amides is 1. The van der Waals surface area contributed by atoms with Crippen LogP contribution in [0.1, 0.15) is 39.5 Å². The van der Waals surface area contributed by atoms with Crippen molar-refractivity contribution >= 4 is 5.91 Å². The average Bonchev–Trinajstić information content (AvgIpc) is 2.30. The lowest BCUT2D eigenvalue weighted by Crippen LogP contribution is -2.48. The second-order valence-corrected chi connectivity index (χ2v) is 4.48. The lowest BCUT2D eigenvalue weighted by Gasteiger charge is -2.33. The normalized spacial score (nSPS) is 26.7. The number of likely N-dealkylation sites (N-methyl/N-ethyl adjacent to an activating group) is 1. The zero-order valence-corrected chi connectivity index (χ0v) is 10.2. The highest BCUT2D eigenvalue weighted by molar-refractivity contribution is 5.81. The maximum atomic E-state index is 11.5. The van der Waals surface area contributed by atoms with Gasteiger partial charge in [-0.2, -0.15) is 0 Å². The molecule has 15 heavy (non-hydrogen) atoms. The third-order valence-electron chi connectivity index (χ3n) is 3.72. The highest BCUT2D eigenvalue weighted by atomic mass is 16.2. The molecule has 0 bridgehead atoms. The maximum Gasteiger partial charge on any atom is 0.236 e. The molecule has 3 nitrogen and oxygen atoms in total. The number of nitrogens with one attached hydrogen (secondary N) is 2. The van der Waals surface area contributed by atoms with Gasteiger partial charge in [0.15, 0.2) is 0 Å². The predicted octanol–water partition coefficient (Wildman–Crippen LogP) is 1.54. The van der Waals surface area contributed by atoms with Crippen LogP contribution in [0.5, 0.6) is 0 Å². The van der Waals surface area contributed by atoms with Crippen LogP contribution in [0, 0.1) is 11.8 Å². The van der Waals surface area contributed by atoms with Gasteiger partial charge in [0.05, 0.1) is 6.04 Å². The summed E-state index contributed by atoms with van der Waals surface area (Å²) in [5.74, 6) is 1.66. The summed E-state index contributed by atoms with van der Waals surface area (Å²) in [6.45, 7) is 5.50. The Morgan fingerprint density at radius 3 is 2.67 bits per heavy atom. The molecule has 0 aromatic carbocycles. The van der Waals surface area contributed by atoms with Crippen molar-refractivity contribution in [2.45, 2.75) is 45.6 Å². The third-order valence-corrected chi connectivity index (χ3v) is 3.72. The standard InChI is InChI=1S/C12H24N2O/c1-4-9(5-2)10-6-7-14-11(8-10)12(15)13-3/h9-11,14H,4-8H2,1-3H3,(H,13,15). The molecule has 0 spiro atoms. The summed E-state index contributed by atoms with van der Waals surface area (Å²) >= 11 is 0. The Morgan fingerprint density at radius 1 is 1.47 bits per heavy atom. The molecule has 0 saturated carbocycles. The van der Waals surface area contributed by atoms with E-state index in [-0.39, 0.29) is 11.9 Å². The van der Waals surface area contributed by atoms with Gasteiger partial charge in [0, 0.05) is 7.05 Å². The Balaban J connectivity index is 2.51. The predicted molar refractivity (Wildman–Crippen MR) is 62.7 cm³/mol. The minimum Gasteiger partial charge on any atom is -0.358 e. The van der Waals surface area contributed by atoms with Crippen LogP contribution in [0.25, 0.3) is 0 Å². The van der Waals surface area contributed by atoms with Gasteiger partial charge < -0.3 is 10.6 Å². The highest BCUT2D eigenvalue weighted by Gasteiger charge is 2.29. The van der Waals surface area contributed by atoms with E-state index >= 15 is 0 Å². The summed E-state index contributed by atoms with van der Waals surface area (Å²) in [5, 5.41) is 6.02. The quantitative estimate of drug-likeness (QED) is 0.742. The van der Waals surface area contributed by atoms with Crippen molar-refractivity contribution in [2.75, 3.05) is 13.6 Å². The Hall–Kier alpha value is -0.570. The fourth-order valence-corrected chi connectivity index (χ4v) is 2.70. The first kappa shape index (κ1) is 12.5. The van der Waals surface area contributed by atoms with Crippen molar-refractivity contribution < 1.29 is 4.79 Å². The van der Waals surface area contributed by atoms with Crippen molar-refractivity contribution in [2.24, 2.45) is 11.8 Å². The van der Waals surface area contributed by atoms with Gasteiger partial charge in [-0.1, -0.05) is 26.7 Å². The van der Waals surface area contributed by atoms with Gasteiger partial charge in [0.2, 0.25) is 5.91 Å². The van der Waals surface area contributed by atoms with Crippen molar-refractivity contribution in [3.05, 3.63) is 0 Å². The smallest absolute Gasteiger partial charge is 0.236 e. The van der Waals surface area contributed by atoms with Crippen molar-refractivity contribution in [1.29, 1.82) is 0 Å². The van der Waals surface area contributed by atoms with Gasteiger partial charge in [0.1, 0.15) is 0 Å². The van der Waals surface area contributed by atoms with E-state index in [0.717, 1.165) is 24.8 Å². The Bertz CT molecular complexity index is 202. The number of carbonyl (C=O) groups excluding carboxylic acids is 1. The van der Waals surface area contributed by atoms with Crippen LogP contribution in [0.15, 0.2) is 0 Å². The second-order valence-electron chi connectivity index (χ2n) is 4.48. The van der Waals surface area contributed by atoms with Crippen LogP contribution in [0.2, 0.25) is 0 Å². The highest BCUT2D eigenvalue weighted by Crippen LogP contribution is 2.29. The SMILES string of the molecule is CCC(CC)C1CCNC(C(=O)NC)C1. The molecular formula is C12H24N2O. The molecule has 0 radical (unpaired) electrons. The molecule has 0 aromatic heterocycles. The Kier molecular flexibility index (Phi) is 5.09. The summed E-state index contributed by atoms with van der Waals surface area (Å²) in [5.41, 5.74) is 0. The zero-order valence-electron chi connectivity index (χ0n) is 10.2. The molecule has 2 atom stereocenters. The van der Waals surface area contributed by atoms with Crippen molar-refractivity contribution in [3.63, 3.8) is 0 Å². The molecular weight excluding hydrogens is 188 g/mol. The molecule has 1 aliphatic rings. The second kappa shape index (κ2) is 6.11. The van der Waals surface area contributed by atoms with Crippen molar-refractivity contribution in [3.8, 4) is 0 Å². The molecule has 3 heteroatoms. The van der Waals surface area contributed by atoms with E-state index in [1.165, 1.54) is 19.3 Å². The van der Waals surface area contributed by atoms with Gasteiger partial charge in [-0.05, 0) is 31.2 Å². The van der Waals surface area contributed by atoms with Crippen LogP contribution in [0.3, 0.4) is 0 Å². The topological polar surface area (TPSA) is 41.1 Å². The number of rotatable bonds is 4. The van der Waals surface area contributed by atoms with Crippen LogP contribution in [-0.2, 0) is 4.79 Å². The van der Waals surface area contributed by atoms with Crippen molar-refractivity contribution in [1.82, 2.24) is 10.6 Å². The first-order chi connectivity index (χ1) is 7.22. The summed E-state index contributed by atoms with van der Waals surface area (Å²) in [4.78, 5) is 11.5. The number of hydrogen-bond acceptors (Lipinski definition) is 2. The zero-order chi connectivity index (χ0) is 11.3. The number of carbonyl (C=O) groups is 1. The minimum absolute atomic E-state index is 0.0364. The van der Waals surface area contributed by atoms with E-state index in [1.54, 1.807) is 7.05 Å². The van der Waals surface area contributed by atoms with E-state index in [1.807, 2.05) is 0 Å². The van der Waals surface area contributed by atoms with E-state index in [2.05, 4.69) is 24.5 Å². The van der Waals surface area contributed by atoms with Crippen LogP contribution in [0.4, 0.5) is 0 Å². The van der Waals surface area contributed by atoms with Crippen LogP contribution < -0.4 is 10.6 Å². The first-order valence-electron chi connectivity index (χ1n) is 6.17. The molecule has 1 saturated heterocycles. The van der Waals surface area contributed by atoms with Gasteiger partial charge in [-0.25, -0.2) is 0 Å². The number of piperidine rings is 1. The fraction of sp³-hybridized carbons (Fsp3) is 0.917. The largest absolute Gasteiger partial charge is 0.358 e. The van der Waals surface area contributed by atoms with Crippen LogP contribution in [-0.4, -0.2) is 25.5 Å². The van der Waals surface area contributed by atoms with Gasteiger partial charge in [-0.3, -0.25) is 4.79 Å². The molecule has 1 aliphatic heterocycles. The Morgan fingerprint density at radius 2 is 2.13 bits per heavy atom. The molecule has 1 rings (SSSR count). The lowest BCUT2D eigenvalue weighted by molar-refractivity contribution is -0.123. The van der Waals surface area contributed by atoms with Gasteiger partial charge >= 0.3 is 0 Å². The van der Waals surface area contributed by atoms with E-state index < -0.39 is 0 Å². The van der Waals surface area contributed by atoms with Gasteiger partial charge in [-0.15, -0.1) is 0 Å². The third kappa shape index (κ3) is 3.20. The molecule has 1 heterocycles. The molecule has 2 unspecified atom stereocenters. The van der Waals surface area contributed by atoms with E-state index in [0.29, 0.717) is 0 Å². The molecule has 0 aliphatic carbocycles. The molecule has 88 valence electrons. The Labute approximate surface area is 93.0 Å². The first-order valence-corrected chi connectivity index (χ1v) is 6.17. The maximum absolute atomic E-state index is 11.5. The minimum atomic E-state index is 0.0364. The molecule has 2 N–H and O–H groups in total. The molecule has 1 amide bonds. The van der Waals surface area contributed by atoms with Gasteiger partial charge in [0.25, 0.3) is 0 Å². The van der Waals surface area contributed by atoms with E-state index in [4.69, 9.17) is 0 Å². The summed E-state index contributed by atoms with van der Waals surface area (Å²) in [6, 6.07) is 0.0364. The van der Waals surface area contributed by atoms with Crippen LogP contribution >= 0.6 is 0 Å². The van der Waals surface area contributed by atoms with E-state index in [9.17, 15) is 4.79 Å². The lowest BCUT2D eigenvalue weighted by atomic mass is 9.79. The average molecular weight is 212 g/mol. The number of hydrogen-bond donors (Lipinski definition) is 2. The molecule has 1 fully saturated rings. The monoisotopic (exact) mass is 212 g/mol. The fourth-order valence-electron chi connectivity index (χ4n) is 2.70. The molecule has 0 aromatic rings. The summed E-state index contributed by atoms with van der Waals surface area (Å²) in [7, 11) is 1.71. The summed E-state index contributed by atoms with van der Waals surface area (Å²) < 4.78 is 0. The summed E-state index contributed by atoms with van der Waals surface area (Å²) in [6.07, 6.45) is 4.70.